The molecular weight excluding hydrogens is 398 g/mol. The van der Waals surface area contributed by atoms with Crippen LogP contribution in [-0.2, 0) is 19.6 Å². The lowest BCUT2D eigenvalue weighted by atomic mass is 10.0. The lowest BCUT2D eigenvalue weighted by Crippen LogP contribution is -2.40. The lowest BCUT2D eigenvalue weighted by Gasteiger charge is -2.23. The van der Waals surface area contributed by atoms with E-state index in [-0.39, 0.29) is 35.2 Å². The molecule has 2 N–H and O–H groups in total. The van der Waals surface area contributed by atoms with E-state index in [0.29, 0.717) is 5.69 Å². The number of likely N-dealkylation sites (N-methyl/N-ethyl adjacent to an activating group) is 1. The summed E-state index contributed by atoms with van der Waals surface area (Å²) in [5.41, 5.74) is 0.502. The number of anilines is 1. The Hall–Kier alpha value is -2.23. The third kappa shape index (κ3) is 5.63. The molecule has 1 aromatic carbocycles. The van der Waals surface area contributed by atoms with Crippen molar-refractivity contribution in [2.24, 2.45) is 5.92 Å². The maximum atomic E-state index is 12.7. The highest BCUT2D eigenvalue weighted by molar-refractivity contribution is 7.89. The Labute approximate surface area is 169 Å². The number of hydrogen-bond donors (Lipinski definition) is 2. The minimum Gasteiger partial charge on any atom is -0.347 e. The Morgan fingerprint density at radius 3 is 2.29 bits per heavy atom. The number of benzene rings is 1. The van der Waals surface area contributed by atoms with E-state index in [9.17, 15) is 18.0 Å². The number of hydrogen-bond acceptors (Lipinski definition) is 5. The Balaban J connectivity index is 2.06. The molecule has 0 aliphatic carbocycles. The quantitative estimate of drug-likeness (QED) is 0.682. The van der Waals surface area contributed by atoms with Gasteiger partial charge in [0.1, 0.15) is 0 Å². The number of nitrogens with zero attached hydrogens (tertiary/aromatic N) is 1. The fraction of sp³-hybridized carbons (Fsp3) is 0.368. The summed E-state index contributed by atoms with van der Waals surface area (Å²) in [4.78, 5) is 24.6. The van der Waals surface area contributed by atoms with Crippen LogP contribution in [0.25, 0.3) is 0 Å². The van der Waals surface area contributed by atoms with Crippen LogP contribution in [-0.4, -0.2) is 38.1 Å². The molecule has 2 amide bonds. The van der Waals surface area contributed by atoms with Gasteiger partial charge >= 0.3 is 0 Å². The Morgan fingerprint density at radius 2 is 1.79 bits per heavy atom. The van der Waals surface area contributed by atoms with Gasteiger partial charge in [-0.3, -0.25) is 9.59 Å². The van der Waals surface area contributed by atoms with E-state index in [1.165, 1.54) is 38.2 Å². The smallest absolute Gasteiger partial charge is 0.243 e. The average molecular weight is 424 g/mol. The van der Waals surface area contributed by atoms with Crippen LogP contribution >= 0.6 is 11.3 Å². The molecule has 0 spiro atoms. The number of amides is 2. The number of carbonyl (C=O) groups excluding carboxylic acids is 2. The number of thiophene rings is 1. The van der Waals surface area contributed by atoms with Gasteiger partial charge in [0.15, 0.2) is 0 Å². The van der Waals surface area contributed by atoms with Crippen LogP contribution in [0.1, 0.15) is 31.7 Å². The first-order valence-electron chi connectivity index (χ1n) is 8.78. The van der Waals surface area contributed by atoms with Gasteiger partial charge in [0.2, 0.25) is 21.8 Å². The molecule has 152 valence electrons. The van der Waals surface area contributed by atoms with E-state index in [0.717, 1.165) is 9.18 Å². The molecule has 2 aromatic rings. The topological polar surface area (TPSA) is 95.6 Å². The van der Waals surface area contributed by atoms with Crippen LogP contribution in [0.3, 0.4) is 0 Å². The number of rotatable bonds is 8. The predicted octanol–water partition coefficient (Wildman–Crippen LogP) is 2.84. The zero-order chi connectivity index (χ0) is 20.9. The molecule has 9 heteroatoms. The van der Waals surface area contributed by atoms with Crippen molar-refractivity contribution in [2.75, 3.05) is 18.9 Å². The normalized spacial score (nSPS) is 12.8. The molecular formula is C19H25N3O4S2. The zero-order valence-corrected chi connectivity index (χ0v) is 17.9. The highest BCUT2D eigenvalue weighted by Crippen LogP contribution is 2.26. The summed E-state index contributed by atoms with van der Waals surface area (Å²) in [5.74, 6) is -0.436. The fourth-order valence-electron chi connectivity index (χ4n) is 2.63. The van der Waals surface area contributed by atoms with Gasteiger partial charge < -0.3 is 10.6 Å². The van der Waals surface area contributed by atoms with E-state index in [1.54, 1.807) is 11.3 Å². The van der Waals surface area contributed by atoms with Crippen molar-refractivity contribution in [2.45, 2.75) is 31.7 Å². The second-order valence-corrected chi connectivity index (χ2v) is 9.80. The van der Waals surface area contributed by atoms with Crippen LogP contribution in [0.15, 0.2) is 46.7 Å². The van der Waals surface area contributed by atoms with E-state index in [4.69, 9.17) is 0 Å². The van der Waals surface area contributed by atoms with Crippen molar-refractivity contribution >= 4 is 38.9 Å². The number of carbonyl (C=O) groups is 2. The monoisotopic (exact) mass is 423 g/mol. The van der Waals surface area contributed by atoms with Gasteiger partial charge in [0.05, 0.1) is 17.5 Å². The molecule has 0 fully saturated rings. The van der Waals surface area contributed by atoms with Gasteiger partial charge in [0, 0.05) is 24.5 Å². The summed E-state index contributed by atoms with van der Waals surface area (Å²) in [6.07, 6.45) is 0. The summed E-state index contributed by atoms with van der Waals surface area (Å²) in [6.45, 7) is 5.09. The molecule has 0 saturated carbocycles. The SMILES string of the molecule is CC(=O)Nc1ccc(S(=O)(=O)N(C)CC(=O)NC(c2cccs2)C(C)C)cc1. The molecule has 28 heavy (non-hydrogen) atoms. The summed E-state index contributed by atoms with van der Waals surface area (Å²) in [7, 11) is -2.46. The molecule has 1 aromatic heterocycles. The van der Waals surface area contributed by atoms with Crippen LogP contribution < -0.4 is 10.6 Å². The molecule has 0 radical (unpaired) electrons. The predicted molar refractivity (Wildman–Crippen MR) is 111 cm³/mol. The van der Waals surface area contributed by atoms with Crippen molar-refractivity contribution < 1.29 is 18.0 Å². The molecule has 1 unspecified atom stereocenters. The molecule has 0 aliphatic heterocycles. The molecule has 0 bridgehead atoms. The first-order chi connectivity index (χ1) is 13.1. The molecule has 0 aliphatic rings. The first kappa shape index (κ1) is 22.1. The van der Waals surface area contributed by atoms with Crippen LogP contribution in [0.4, 0.5) is 5.69 Å². The minimum atomic E-state index is -3.83. The van der Waals surface area contributed by atoms with E-state index in [2.05, 4.69) is 10.6 Å². The van der Waals surface area contributed by atoms with Crippen molar-refractivity contribution in [1.82, 2.24) is 9.62 Å². The van der Waals surface area contributed by atoms with Gasteiger partial charge in [0.25, 0.3) is 0 Å². The van der Waals surface area contributed by atoms with E-state index < -0.39 is 10.0 Å². The van der Waals surface area contributed by atoms with Gasteiger partial charge in [-0.05, 0) is 41.6 Å². The third-order valence-electron chi connectivity index (χ3n) is 4.08. The Kier molecular flexibility index (Phi) is 7.34. The zero-order valence-electron chi connectivity index (χ0n) is 16.3. The van der Waals surface area contributed by atoms with Gasteiger partial charge in [-0.1, -0.05) is 19.9 Å². The van der Waals surface area contributed by atoms with E-state index in [1.807, 2.05) is 31.4 Å². The minimum absolute atomic E-state index is 0.0515. The summed E-state index contributed by atoms with van der Waals surface area (Å²) in [5, 5.41) is 7.44. The highest BCUT2D eigenvalue weighted by Gasteiger charge is 2.25. The molecule has 1 heterocycles. The first-order valence-corrected chi connectivity index (χ1v) is 11.1. The van der Waals surface area contributed by atoms with Gasteiger partial charge in [-0.25, -0.2) is 8.42 Å². The number of sulfonamides is 1. The summed E-state index contributed by atoms with van der Waals surface area (Å²) < 4.78 is 26.4. The largest absolute Gasteiger partial charge is 0.347 e. The van der Waals surface area contributed by atoms with Crippen molar-refractivity contribution in [3.63, 3.8) is 0 Å². The molecule has 0 saturated heterocycles. The Bertz CT molecular complexity index is 907. The second-order valence-electron chi connectivity index (χ2n) is 6.77. The fourth-order valence-corrected chi connectivity index (χ4v) is 4.71. The Morgan fingerprint density at radius 1 is 1.14 bits per heavy atom. The van der Waals surface area contributed by atoms with Gasteiger partial charge in [-0.2, -0.15) is 4.31 Å². The third-order valence-corrected chi connectivity index (χ3v) is 6.86. The molecule has 2 rings (SSSR count). The van der Waals surface area contributed by atoms with Crippen molar-refractivity contribution in [1.29, 1.82) is 0 Å². The molecule has 7 nitrogen and oxygen atoms in total. The van der Waals surface area contributed by atoms with Crippen molar-refractivity contribution in [3.8, 4) is 0 Å². The van der Waals surface area contributed by atoms with Crippen LogP contribution in [0.5, 0.6) is 0 Å². The lowest BCUT2D eigenvalue weighted by molar-refractivity contribution is -0.122. The summed E-state index contributed by atoms with van der Waals surface area (Å²) >= 11 is 1.55. The maximum absolute atomic E-state index is 12.7. The maximum Gasteiger partial charge on any atom is 0.243 e. The second kappa shape index (κ2) is 9.31. The van der Waals surface area contributed by atoms with Crippen molar-refractivity contribution in [3.05, 3.63) is 46.7 Å². The standard InChI is InChI=1S/C19H25N3O4S2/c1-13(2)19(17-6-5-11-27-17)21-18(24)12-22(4)28(25,26)16-9-7-15(8-10-16)20-14(3)23/h5-11,13,19H,12H2,1-4H3,(H,20,23)(H,21,24). The van der Waals surface area contributed by atoms with Gasteiger partial charge in [-0.15, -0.1) is 11.3 Å². The van der Waals surface area contributed by atoms with Crippen LogP contribution in [0, 0.1) is 5.92 Å². The van der Waals surface area contributed by atoms with E-state index >= 15 is 0 Å². The average Bonchev–Trinajstić information content (AvgIpc) is 3.13. The number of nitrogens with one attached hydrogen (secondary N) is 2. The molecule has 1 atom stereocenters. The highest BCUT2D eigenvalue weighted by atomic mass is 32.2. The summed E-state index contributed by atoms with van der Waals surface area (Å²) in [6, 6.07) is 9.52. The van der Waals surface area contributed by atoms with Crippen LogP contribution in [0.2, 0.25) is 0 Å².